The second kappa shape index (κ2) is 9.13. The minimum absolute atomic E-state index is 0.0270. The van der Waals surface area contributed by atoms with E-state index in [9.17, 15) is 14.7 Å². The number of ether oxygens (including phenoxy) is 1. The van der Waals surface area contributed by atoms with Gasteiger partial charge in [-0.15, -0.1) is 0 Å². The van der Waals surface area contributed by atoms with E-state index < -0.39 is 18.1 Å². The van der Waals surface area contributed by atoms with Crippen LogP contribution in [-0.2, 0) is 22.6 Å². The molecule has 1 amide bonds. The van der Waals surface area contributed by atoms with Crippen molar-refractivity contribution < 1.29 is 23.8 Å². The van der Waals surface area contributed by atoms with E-state index in [-0.39, 0.29) is 13.0 Å². The van der Waals surface area contributed by atoms with Crippen molar-refractivity contribution in [3.63, 3.8) is 0 Å². The van der Waals surface area contributed by atoms with Gasteiger partial charge in [0.05, 0.1) is 0 Å². The van der Waals surface area contributed by atoms with Gasteiger partial charge in [0, 0.05) is 12.0 Å². The smallest absolute Gasteiger partial charge is 0.408 e. The zero-order valence-corrected chi connectivity index (χ0v) is 16.5. The number of benzene rings is 3. The highest BCUT2D eigenvalue weighted by atomic mass is 16.5. The summed E-state index contributed by atoms with van der Waals surface area (Å²) < 4.78 is 11.0. The van der Waals surface area contributed by atoms with Crippen LogP contribution in [0.1, 0.15) is 11.1 Å². The van der Waals surface area contributed by atoms with Crippen LogP contribution in [0.25, 0.3) is 22.6 Å². The summed E-state index contributed by atoms with van der Waals surface area (Å²) in [5.74, 6) is -0.617. The maximum absolute atomic E-state index is 12.1. The maximum Gasteiger partial charge on any atom is 0.408 e. The minimum atomic E-state index is -1.13. The Kier molecular flexibility index (Phi) is 5.93. The number of nitrogens with one attached hydrogen (secondary N) is 1. The molecule has 0 saturated carbocycles. The van der Waals surface area contributed by atoms with Gasteiger partial charge in [-0.2, -0.15) is 0 Å². The van der Waals surface area contributed by atoms with Gasteiger partial charge < -0.3 is 19.6 Å². The van der Waals surface area contributed by atoms with Crippen molar-refractivity contribution in [2.45, 2.75) is 19.1 Å². The number of carbonyl (C=O) groups is 2. The second-order valence-electron chi connectivity index (χ2n) is 6.99. The van der Waals surface area contributed by atoms with E-state index in [0.717, 1.165) is 11.1 Å². The van der Waals surface area contributed by atoms with Crippen LogP contribution < -0.4 is 5.32 Å². The Balaban J connectivity index is 1.38. The van der Waals surface area contributed by atoms with Gasteiger partial charge >= 0.3 is 12.1 Å². The first-order chi connectivity index (χ1) is 15.1. The van der Waals surface area contributed by atoms with Crippen LogP contribution in [-0.4, -0.2) is 28.2 Å². The van der Waals surface area contributed by atoms with Gasteiger partial charge in [-0.1, -0.05) is 54.6 Å². The molecule has 156 valence electrons. The lowest BCUT2D eigenvalue weighted by Gasteiger charge is -2.14. The van der Waals surface area contributed by atoms with Crippen LogP contribution in [0.4, 0.5) is 4.79 Å². The standard InChI is InChI=1S/C24H20N2O5/c27-23(28)20(13-16-7-3-1-4-8-16)26-24(29)30-15-17-11-12-19-21(14-17)31-22(25-19)18-9-5-2-6-10-18/h1-12,14,20H,13,15H2,(H,26,29)(H,27,28). The number of rotatable bonds is 7. The number of fused-ring (bicyclic) bond motifs is 1. The lowest BCUT2D eigenvalue weighted by atomic mass is 10.1. The number of amides is 1. The number of nitrogens with zero attached hydrogens (tertiary/aromatic N) is 1. The molecule has 0 aliphatic rings. The molecule has 31 heavy (non-hydrogen) atoms. The third-order valence-corrected chi connectivity index (χ3v) is 4.72. The molecular weight excluding hydrogens is 396 g/mol. The average molecular weight is 416 g/mol. The molecule has 0 radical (unpaired) electrons. The molecule has 0 saturated heterocycles. The summed E-state index contributed by atoms with van der Waals surface area (Å²) in [6, 6.07) is 22.9. The summed E-state index contributed by atoms with van der Waals surface area (Å²) in [5.41, 5.74) is 3.65. The molecule has 1 heterocycles. The van der Waals surface area contributed by atoms with Crippen molar-refractivity contribution in [1.82, 2.24) is 10.3 Å². The number of oxazole rings is 1. The first kappa shape index (κ1) is 20.2. The van der Waals surface area contributed by atoms with E-state index in [1.807, 2.05) is 48.5 Å². The van der Waals surface area contributed by atoms with E-state index in [2.05, 4.69) is 10.3 Å². The van der Waals surface area contributed by atoms with Gasteiger partial charge in [-0.25, -0.2) is 14.6 Å². The Hall–Kier alpha value is -4.13. The summed E-state index contributed by atoms with van der Waals surface area (Å²) in [6.45, 7) is -0.0270. The fourth-order valence-corrected chi connectivity index (χ4v) is 3.15. The number of hydrogen-bond acceptors (Lipinski definition) is 5. The Bertz CT molecular complexity index is 1190. The monoisotopic (exact) mass is 416 g/mol. The van der Waals surface area contributed by atoms with Crippen molar-refractivity contribution in [3.8, 4) is 11.5 Å². The van der Waals surface area contributed by atoms with E-state index in [1.165, 1.54) is 0 Å². The molecule has 4 rings (SSSR count). The summed E-state index contributed by atoms with van der Waals surface area (Å²) in [4.78, 5) is 28.1. The Morgan fingerprint density at radius 2 is 1.68 bits per heavy atom. The molecule has 7 nitrogen and oxygen atoms in total. The van der Waals surface area contributed by atoms with Crippen LogP contribution in [0.3, 0.4) is 0 Å². The van der Waals surface area contributed by atoms with Crippen LogP contribution in [0.15, 0.2) is 83.3 Å². The number of aromatic nitrogens is 1. The molecule has 0 bridgehead atoms. The normalized spacial score (nSPS) is 11.7. The molecule has 2 N–H and O–H groups in total. The fraction of sp³-hybridized carbons (Fsp3) is 0.125. The first-order valence-electron chi connectivity index (χ1n) is 9.73. The molecule has 7 heteroatoms. The van der Waals surface area contributed by atoms with Gasteiger partial charge in [0.2, 0.25) is 5.89 Å². The number of carboxylic acid groups (broad SMARTS) is 1. The molecule has 0 spiro atoms. The molecule has 1 atom stereocenters. The van der Waals surface area contributed by atoms with Crippen LogP contribution in [0.5, 0.6) is 0 Å². The van der Waals surface area contributed by atoms with Crippen LogP contribution in [0.2, 0.25) is 0 Å². The Morgan fingerprint density at radius 3 is 2.39 bits per heavy atom. The quantitative estimate of drug-likeness (QED) is 0.463. The molecule has 3 aromatic carbocycles. The summed E-state index contributed by atoms with van der Waals surface area (Å²) in [5, 5.41) is 11.8. The van der Waals surface area contributed by atoms with E-state index in [1.54, 1.807) is 30.3 Å². The molecule has 0 aliphatic carbocycles. The lowest BCUT2D eigenvalue weighted by Crippen LogP contribution is -2.42. The van der Waals surface area contributed by atoms with Crippen molar-refractivity contribution >= 4 is 23.2 Å². The summed E-state index contributed by atoms with van der Waals surface area (Å²) in [6.07, 6.45) is -0.636. The number of alkyl carbamates (subject to hydrolysis) is 1. The van der Waals surface area contributed by atoms with Gasteiger partial charge in [0.15, 0.2) is 5.58 Å². The maximum atomic E-state index is 12.1. The first-order valence-corrected chi connectivity index (χ1v) is 9.73. The predicted octanol–water partition coefficient (Wildman–Crippen LogP) is 4.42. The van der Waals surface area contributed by atoms with E-state index in [4.69, 9.17) is 9.15 Å². The van der Waals surface area contributed by atoms with Gasteiger partial charge in [0.1, 0.15) is 18.2 Å². The second-order valence-corrected chi connectivity index (χ2v) is 6.99. The highest BCUT2D eigenvalue weighted by Gasteiger charge is 2.21. The summed E-state index contributed by atoms with van der Waals surface area (Å²) in [7, 11) is 0. The highest BCUT2D eigenvalue weighted by Crippen LogP contribution is 2.25. The Morgan fingerprint density at radius 1 is 0.968 bits per heavy atom. The molecule has 1 unspecified atom stereocenters. The molecule has 0 aliphatic heterocycles. The van der Waals surface area contributed by atoms with Crippen molar-refractivity contribution in [1.29, 1.82) is 0 Å². The molecule has 0 fully saturated rings. The van der Waals surface area contributed by atoms with Crippen LogP contribution >= 0.6 is 0 Å². The average Bonchev–Trinajstić information content (AvgIpc) is 3.22. The molecular formula is C24H20N2O5. The number of hydrogen-bond donors (Lipinski definition) is 2. The highest BCUT2D eigenvalue weighted by molar-refractivity contribution is 5.80. The number of aliphatic carboxylic acids is 1. The van der Waals surface area contributed by atoms with Crippen molar-refractivity contribution in [2.75, 3.05) is 0 Å². The topological polar surface area (TPSA) is 102 Å². The van der Waals surface area contributed by atoms with Crippen LogP contribution in [0, 0.1) is 0 Å². The van der Waals surface area contributed by atoms with Gasteiger partial charge in [-0.05, 0) is 35.4 Å². The third kappa shape index (κ3) is 5.08. The van der Waals surface area contributed by atoms with Gasteiger partial charge in [-0.3, -0.25) is 0 Å². The fourth-order valence-electron chi connectivity index (χ4n) is 3.15. The molecule has 4 aromatic rings. The minimum Gasteiger partial charge on any atom is -0.480 e. The largest absolute Gasteiger partial charge is 0.480 e. The number of carboxylic acids is 1. The predicted molar refractivity (Wildman–Crippen MR) is 114 cm³/mol. The van der Waals surface area contributed by atoms with Gasteiger partial charge in [0.25, 0.3) is 0 Å². The zero-order valence-electron chi connectivity index (χ0n) is 16.5. The third-order valence-electron chi connectivity index (χ3n) is 4.72. The SMILES string of the molecule is O=C(NC(Cc1ccccc1)C(=O)O)OCc1ccc2nc(-c3ccccc3)oc2c1. The lowest BCUT2D eigenvalue weighted by molar-refractivity contribution is -0.139. The Labute approximate surface area is 178 Å². The van der Waals surface area contributed by atoms with Crippen molar-refractivity contribution in [2.24, 2.45) is 0 Å². The van der Waals surface area contributed by atoms with E-state index in [0.29, 0.717) is 22.6 Å². The molecule has 1 aromatic heterocycles. The van der Waals surface area contributed by atoms with E-state index >= 15 is 0 Å². The van der Waals surface area contributed by atoms with Crippen molar-refractivity contribution in [3.05, 3.63) is 90.0 Å². The number of carbonyl (C=O) groups excluding carboxylic acids is 1. The summed E-state index contributed by atoms with van der Waals surface area (Å²) >= 11 is 0. The zero-order chi connectivity index (χ0) is 21.6.